The van der Waals surface area contributed by atoms with Crippen LogP contribution in [0, 0.1) is 10.1 Å². The summed E-state index contributed by atoms with van der Waals surface area (Å²) in [5.41, 5.74) is -0.00483. The van der Waals surface area contributed by atoms with E-state index in [0.717, 1.165) is 13.1 Å². The van der Waals surface area contributed by atoms with Crippen molar-refractivity contribution in [2.45, 2.75) is 19.9 Å². The largest absolute Gasteiger partial charge is 0.480 e. The molecule has 0 aliphatic carbocycles. The van der Waals surface area contributed by atoms with Gasteiger partial charge in [0.05, 0.1) is 10.5 Å². The molecular formula is C14H21N3O4. The van der Waals surface area contributed by atoms with Gasteiger partial charge < -0.3 is 10.0 Å². The molecule has 116 valence electrons. The minimum Gasteiger partial charge on any atom is -0.480 e. The molecule has 0 radical (unpaired) electrons. The number of aliphatic carboxylic acids is 1. The maximum atomic E-state index is 11.4. The Morgan fingerprint density at radius 2 is 2.00 bits per heavy atom. The van der Waals surface area contributed by atoms with Crippen molar-refractivity contribution in [1.82, 2.24) is 10.2 Å². The maximum absolute atomic E-state index is 11.4. The second-order valence-electron chi connectivity index (χ2n) is 4.57. The van der Waals surface area contributed by atoms with Crippen LogP contribution in [-0.4, -0.2) is 47.1 Å². The third-order valence-electron chi connectivity index (χ3n) is 3.36. The van der Waals surface area contributed by atoms with Crippen molar-refractivity contribution in [3.63, 3.8) is 0 Å². The number of hydrogen-bond acceptors (Lipinski definition) is 5. The van der Waals surface area contributed by atoms with Crippen molar-refractivity contribution in [3.8, 4) is 0 Å². The quantitative estimate of drug-likeness (QED) is 0.531. The number of carbonyl (C=O) groups is 1. The number of nitrogens with one attached hydrogen (secondary N) is 1. The summed E-state index contributed by atoms with van der Waals surface area (Å²) in [4.78, 5) is 24.0. The van der Waals surface area contributed by atoms with E-state index in [9.17, 15) is 20.0 Å². The molecule has 1 aromatic rings. The van der Waals surface area contributed by atoms with Gasteiger partial charge in [-0.05, 0) is 19.2 Å². The van der Waals surface area contributed by atoms with Crippen molar-refractivity contribution in [1.29, 1.82) is 0 Å². The summed E-state index contributed by atoms with van der Waals surface area (Å²) in [5, 5.41) is 23.2. The third-order valence-corrected chi connectivity index (χ3v) is 3.36. The van der Waals surface area contributed by atoms with Gasteiger partial charge in [0.1, 0.15) is 6.04 Å². The Morgan fingerprint density at radius 3 is 2.52 bits per heavy atom. The zero-order chi connectivity index (χ0) is 15.8. The number of nitrogens with zero attached hydrogens (tertiary/aromatic N) is 2. The monoisotopic (exact) mass is 295 g/mol. The lowest BCUT2D eigenvalue weighted by molar-refractivity contribution is -0.385. The first-order valence-electron chi connectivity index (χ1n) is 6.93. The number of hydrogen-bond donors (Lipinski definition) is 2. The van der Waals surface area contributed by atoms with Gasteiger partial charge in [-0.2, -0.15) is 0 Å². The van der Waals surface area contributed by atoms with Crippen LogP contribution >= 0.6 is 0 Å². The summed E-state index contributed by atoms with van der Waals surface area (Å²) in [6.45, 7) is 6.95. The van der Waals surface area contributed by atoms with Crippen molar-refractivity contribution in [2.75, 3.05) is 26.2 Å². The number of carboxylic acid groups (broad SMARTS) is 1. The standard InChI is InChI=1S/C14H21N3O4/c1-3-16(4-2)10-9-15-13(14(18)19)11-7-5-6-8-12(11)17(20)21/h5-8,13,15H,3-4,9-10H2,1-2H3,(H,18,19). The van der Waals surface area contributed by atoms with Gasteiger partial charge in [-0.3, -0.25) is 20.2 Å². The fourth-order valence-corrected chi connectivity index (χ4v) is 2.14. The topological polar surface area (TPSA) is 95.7 Å². The van der Waals surface area contributed by atoms with Gasteiger partial charge in [0, 0.05) is 19.2 Å². The van der Waals surface area contributed by atoms with Crippen LogP contribution in [0.5, 0.6) is 0 Å². The van der Waals surface area contributed by atoms with Gasteiger partial charge in [-0.1, -0.05) is 26.0 Å². The van der Waals surface area contributed by atoms with Gasteiger partial charge in [-0.15, -0.1) is 0 Å². The Balaban J connectivity index is 2.83. The second-order valence-corrected chi connectivity index (χ2v) is 4.57. The fraction of sp³-hybridized carbons (Fsp3) is 0.500. The Bertz CT molecular complexity index is 489. The van der Waals surface area contributed by atoms with Crippen molar-refractivity contribution in [2.24, 2.45) is 0 Å². The van der Waals surface area contributed by atoms with E-state index in [0.29, 0.717) is 13.1 Å². The number of nitro groups is 1. The van der Waals surface area contributed by atoms with E-state index >= 15 is 0 Å². The lowest BCUT2D eigenvalue weighted by Crippen LogP contribution is -2.36. The molecule has 7 heteroatoms. The number of likely N-dealkylation sites (N-methyl/N-ethyl adjacent to an activating group) is 1. The molecule has 0 saturated carbocycles. The molecule has 0 aliphatic heterocycles. The van der Waals surface area contributed by atoms with E-state index in [-0.39, 0.29) is 11.3 Å². The fourth-order valence-electron chi connectivity index (χ4n) is 2.14. The Morgan fingerprint density at radius 1 is 1.38 bits per heavy atom. The van der Waals surface area contributed by atoms with Gasteiger partial charge >= 0.3 is 5.97 Å². The minimum absolute atomic E-state index is 0.176. The molecule has 7 nitrogen and oxygen atoms in total. The highest BCUT2D eigenvalue weighted by molar-refractivity contribution is 5.77. The van der Waals surface area contributed by atoms with Crippen LogP contribution in [0.2, 0.25) is 0 Å². The summed E-state index contributed by atoms with van der Waals surface area (Å²) in [6.07, 6.45) is 0. The van der Waals surface area contributed by atoms with Crippen LogP contribution in [0.4, 0.5) is 5.69 Å². The highest BCUT2D eigenvalue weighted by Gasteiger charge is 2.26. The van der Waals surface area contributed by atoms with Crippen molar-refractivity contribution in [3.05, 3.63) is 39.9 Å². The van der Waals surface area contributed by atoms with Gasteiger partial charge in [0.2, 0.25) is 0 Å². The number of rotatable bonds is 9. The molecule has 0 fully saturated rings. The second kappa shape index (κ2) is 8.33. The third kappa shape index (κ3) is 4.80. The van der Waals surface area contributed by atoms with E-state index in [1.807, 2.05) is 13.8 Å². The van der Waals surface area contributed by atoms with E-state index in [2.05, 4.69) is 10.2 Å². The van der Waals surface area contributed by atoms with E-state index in [4.69, 9.17) is 0 Å². The molecular weight excluding hydrogens is 274 g/mol. The molecule has 1 rings (SSSR count). The molecule has 1 unspecified atom stereocenters. The zero-order valence-electron chi connectivity index (χ0n) is 12.3. The van der Waals surface area contributed by atoms with Crippen LogP contribution in [0.3, 0.4) is 0 Å². The first-order valence-corrected chi connectivity index (χ1v) is 6.93. The van der Waals surface area contributed by atoms with E-state index < -0.39 is 16.9 Å². The molecule has 0 amide bonds. The van der Waals surface area contributed by atoms with Crippen LogP contribution in [0.1, 0.15) is 25.5 Å². The van der Waals surface area contributed by atoms with Gasteiger partial charge in [0.15, 0.2) is 0 Å². The first-order chi connectivity index (χ1) is 10.0. The number of nitro benzene ring substituents is 1. The van der Waals surface area contributed by atoms with Gasteiger partial charge in [0.25, 0.3) is 5.69 Å². The van der Waals surface area contributed by atoms with Crippen molar-refractivity contribution >= 4 is 11.7 Å². The lowest BCUT2D eigenvalue weighted by Gasteiger charge is -2.20. The summed E-state index contributed by atoms with van der Waals surface area (Å²) in [7, 11) is 0. The average Bonchev–Trinajstić information content (AvgIpc) is 2.47. The molecule has 1 aromatic carbocycles. The summed E-state index contributed by atoms with van der Waals surface area (Å²) >= 11 is 0. The first kappa shape index (κ1) is 17.1. The number of para-hydroxylation sites is 1. The van der Waals surface area contributed by atoms with Crippen LogP contribution in [-0.2, 0) is 4.79 Å². The molecule has 0 bridgehead atoms. The van der Waals surface area contributed by atoms with E-state index in [1.54, 1.807) is 6.07 Å². The highest BCUT2D eigenvalue weighted by Crippen LogP contribution is 2.24. The lowest BCUT2D eigenvalue weighted by atomic mass is 10.0. The molecule has 0 spiro atoms. The molecule has 0 aromatic heterocycles. The molecule has 1 atom stereocenters. The van der Waals surface area contributed by atoms with E-state index in [1.165, 1.54) is 18.2 Å². The number of benzene rings is 1. The summed E-state index contributed by atoms with van der Waals surface area (Å²) in [5.74, 6) is -1.12. The Labute approximate surface area is 123 Å². The average molecular weight is 295 g/mol. The summed E-state index contributed by atoms with van der Waals surface area (Å²) < 4.78 is 0. The zero-order valence-corrected chi connectivity index (χ0v) is 12.3. The minimum atomic E-state index is -1.12. The molecule has 0 heterocycles. The molecule has 0 aliphatic rings. The molecule has 21 heavy (non-hydrogen) atoms. The molecule has 2 N–H and O–H groups in total. The summed E-state index contributed by atoms with van der Waals surface area (Å²) in [6, 6.07) is 4.83. The Kier molecular flexibility index (Phi) is 6.77. The normalized spacial score (nSPS) is 12.3. The van der Waals surface area contributed by atoms with Gasteiger partial charge in [-0.25, -0.2) is 0 Å². The SMILES string of the molecule is CCN(CC)CCNC(C(=O)O)c1ccccc1[N+](=O)[O-]. The number of carboxylic acids is 1. The van der Waals surface area contributed by atoms with Crippen LogP contribution in [0.15, 0.2) is 24.3 Å². The Hall–Kier alpha value is -1.99. The maximum Gasteiger partial charge on any atom is 0.325 e. The highest BCUT2D eigenvalue weighted by atomic mass is 16.6. The predicted molar refractivity (Wildman–Crippen MR) is 79.3 cm³/mol. The predicted octanol–water partition coefficient (Wildman–Crippen LogP) is 1.65. The molecule has 0 saturated heterocycles. The van der Waals surface area contributed by atoms with Crippen LogP contribution in [0.25, 0.3) is 0 Å². The van der Waals surface area contributed by atoms with Crippen molar-refractivity contribution < 1.29 is 14.8 Å². The smallest absolute Gasteiger partial charge is 0.325 e. The van der Waals surface area contributed by atoms with Crippen LogP contribution < -0.4 is 5.32 Å².